The molecule has 1 aromatic carbocycles. The first-order valence-corrected chi connectivity index (χ1v) is 6.18. The van der Waals surface area contributed by atoms with Crippen molar-refractivity contribution in [2.45, 2.75) is 20.0 Å². The number of hydrogen-bond acceptors (Lipinski definition) is 3. The van der Waals surface area contributed by atoms with Gasteiger partial charge in [0.1, 0.15) is 11.9 Å². The number of carbonyl (C=O) groups is 1. The van der Waals surface area contributed by atoms with Gasteiger partial charge in [-0.3, -0.25) is 0 Å². The van der Waals surface area contributed by atoms with E-state index in [1.165, 1.54) is 6.08 Å². The van der Waals surface area contributed by atoms with Gasteiger partial charge in [-0.15, -0.1) is 0 Å². The fraction of sp³-hybridized carbons (Fsp3) is 0.312. The third-order valence-corrected chi connectivity index (χ3v) is 3.28. The van der Waals surface area contributed by atoms with E-state index in [2.05, 4.69) is 26.5 Å². The quantitative estimate of drug-likeness (QED) is 0.461. The molecule has 0 saturated heterocycles. The Morgan fingerprint density at radius 2 is 1.89 bits per heavy atom. The minimum absolute atomic E-state index is 0.0199. The minimum Gasteiger partial charge on any atom is -0.497 e. The maximum absolute atomic E-state index is 11.5. The van der Waals surface area contributed by atoms with Crippen molar-refractivity contribution < 1.29 is 14.3 Å². The molecule has 3 heteroatoms. The largest absolute Gasteiger partial charge is 0.497 e. The highest BCUT2D eigenvalue weighted by atomic mass is 16.5. The van der Waals surface area contributed by atoms with Crippen molar-refractivity contribution in [2.75, 3.05) is 7.11 Å². The summed E-state index contributed by atoms with van der Waals surface area (Å²) in [5.74, 6) is 0.367. The molecule has 0 aliphatic heterocycles. The summed E-state index contributed by atoms with van der Waals surface area (Å²) in [5.41, 5.74) is 2.08. The summed E-state index contributed by atoms with van der Waals surface area (Å²) in [6.45, 7) is 7.63. The highest BCUT2D eigenvalue weighted by Gasteiger charge is 2.41. The number of ether oxygens (including phenoxy) is 2. The Labute approximate surface area is 113 Å². The molecule has 0 bridgehead atoms. The van der Waals surface area contributed by atoms with E-state index >= 15 is 0 Å². The molecule has 3 nitrogen and oxygen atoms in total. The number of methoxy groups -OCH3 is 1. The average molecular weight is 258 g/mol. The van der Waals surface area contributed by atoms with Gasteiger partial charge >= 0.3 is 5.97 Å². The lowest BCUT2D eigenvalue weighted by Crippen LogP contribution is -2.11. The molecule has 1 unspecified atom stereocenters. The highest BCUT2D eigenvalue weighted by Crippen LogP contribution is 2.51. The molecule has 0 saturated carbocycles. The van der Waals surface area contributed by atoms with Crippen LogP contribution in [-0.4, -0.2) is 13.1 Å². The maximum Gasteiger partial charge on any atom is 0.331 e. The zero-order valence-corrected chi connectivity index (χ0v) is 11.5. The van der Waals surface area contributed by atoms with E-state index in [0.717, 1.165) is 16.9 Å². The molecule has 1 atom stereocenters. The van der Waals surface area contributed by atoms with Crippen molar-refractivity contribution in [3.63, 3.8) is 0 Å². The first-order chi connectivity index (χ1) is 8.97. The van der Waals surface area contributed by atoms with Gasteiger partial charge in [-0.2, -0.15) is 0 Å². The second-order valence-corrected chi connectivity index (χ2v) is 5.12. The van der Waals surface area contributed by atoms with E-state index < -0.39 is 5.97 Å². The third kappa shape index (κ3) is 2.87. The van der Waals surface area contributed by atoms with Crippen LogP contribution >= 0.6 is 0 Å². The fourth-order valence-electron chi connectivity index (χ4n) is 2.02. The van der Waals surface area contributed by atoms with E-state index in [1.807, 2.05) is 24.3 Å². The van der Waals surface area contributed by atoms with Gasteiger partial charge in [0, 0.05) is 11.5 Å². The van der Waals surface area contributed by atoms with Crippen LogP contribution in [0.4, 0.5) is 0 Å². The summed E-state index contributed by atoms with van der Waals surface area (Å²) in [5, 5.41) is 0. The van der Waals surface area contributed by atoms with Gasteiger partial charge in [-0.05, 0) is 23.3 Å². The van der Waals surface area contributed by atoms with Crippen LogP contribution in [0.2, 0.25) is 0 Å². The lowest BCUT2D eigenvalue weighted by molar-refractivity contribution is -0.141. The molecule has 0 radical (unpaired) electrons. The Hall–Kier alpha value is -2.03. The number of esters is 1. The molecular formula is C16H18O3. The monoisotopic (exact) mass is 258 g/mol. The van der Waals surface area contributed by atoms with Crippen molar-refractivity contribution in [2.24, 2.45) is 5.41 Å². The van der Waals surface area contributed by atoms with Crippen molar-refractivity contribution in [1.82, 2.24) is 0 Å². The number of allylic oxidation sites excluding steroid dienone is 1. The number of benzene rings is 1. The van der Waals surface area contributed by atoms with Crippen LogP contribution in [0.15, 0.2) is 48.6 Å². The Kier molecular flexibility index (Phi) is 3.47. The van der Waals surface area contributed by atoms with Crippen LogP contribution in [0.5, 0.6) is 5.75 Å². The van der Waals surface area contributed by atoms with Gasteiger partial charge < -0.3 is 9.47 Å². The van der Waals surface area contributed by atoms with E-state index in [9.17, 15) is 4.79 Å². The summed E-state index contributed by atoms with van der Waals surface area (Å²) in [4.78, 5) is 11.5. The number of hydrogen-bond donors (Lipinski definition) is 0. The van der Waals surface area contributed by atoms with Crippen LogP contribution in [0.3, 0.4) is 0 Å². The fourth-order valence-corrected chi connectivity index (χ4v) is 2.02. The lowest BCUT2D eigenvalue weighted by atomic mass is 9.98. The molecule has 19 heavy (non-hydrogen) atoms. The first kappa shape index (κ1) is 13.4. The van der Waals surface area contributed by atoms with Gasteiger partial charge in [0.05, 0.1) is 7.11 Å². The summed E-state index contributed by atoms with van der Waals surface area (Å²) >= 11 is 0. The number of rotatable bonds is 5. The first-order valence-electron chi connectivity index (χ1n) is 6.18. The molecule has 0 fully saturated rings. The Morgan fingerprint density at radius 3 is 2.32 bits per heavy atom. The third-order valence-electron chi connectivity index (χ3n) is 3.28. The highest BCUT2D eigenvalue weighted by molar-refractivity contribution is 5.81. The SMILES string of the molecule is C=CC(=O)OC(C1=CC1(C)C)c1ccc(OC)cc1. The smallest absolute Gasteiger partial charge is 0.331 e. The van der Waals surface area contributed by atoms with Crippen molar-refractivity contribution in [3.05, 3.63) is 54.1 Å². The molecule has 0 N–H and O–H groups in total. The maximum atomic E-state index is 11.5. The van der Waals surface area contributed by atoms with E-state index in [0.29, 0.717) is 0 Å². The molecular weight excluding hydrogens is 240 g/mol. The minimum atomic E-state index is -0.413. The predicted molar refractivity (Wildman–Crippen MR) is 73.9 cm³/mol. The van der Waals surface area contributed by atoms with Gasteiger partial charge in [-0.25, -0.2) is 4.79 Å². The molecule has 100 valence electrons. The van der Waals surface area contributed by atoms with Crippen LogP contribution in [0.1, 0.15) is 25.5 Å². The van der Waals surface area contributed by atoms with Crippen LogP contribution < -0.4 is 4.74 Å². The molecule has 0 heterocycles. The molecule has 2 rings (SSSR count). The normalized spacial score (nSPS) is 17.1. The van der Waals surface area contributed by atoms with Crippen LogP contribution in [-0.2, 0) is 9.53 Å². The summed E-state index contributed by atoms with van der Waals surface area (Å²) < 4.78 is 10.6. The van der Waals surface area contributed by atoms with E-state index in [-0.39, 0.29) is 11.5 Å². The molecule has 1 aliphatic carbocycles. The van der Waals surface area contributed by atoms with Gasteiger partial charge in [0.2, 0.25) is 0 Å². The average Bonchev–Trinajstić information content (AvgIpc) is 3.04. The lowest BCUT2D eigenvalue weighted by Gasteiger charge is -2.18. The summed E-state index contributed by atoms with van der Waals surface area (Å²) in [6, 6.07) is 7.55. The van der Waals surface area contributed by atoms with E-state index in [1.54, 1.807) is 7.11 Å². The Bertz CT molecular complexity index is 523. The van der Waals surface area contributed by atoms with E-state index in [4.69, 9.17) is 9.47 Å². The second-order valence-electron chi connectivity index (χ2n) is 5.12. The molecule has 0 spiro atoms. The molecule has 0 amide bonds. The van der Waals surface area contributed by atoms with Crippen molar-refractivity contribution in [3.8, 4) is 5.75 Å². The van der Waals surface area contributed by atoms with Gasteiger partial charge in [0.15, 0.2) is 0 Å². The molecule has 0 aromatic heterocycles. The van der Waals surface area contributed by atoms with Gasteiger partial charge in [0.25, 0.3) is 0 Å². The number of carbonyl (C=O) groups excluding carboxylic acids is 1. The van der Waals surface area contributed by atoms with Crippen molar-refractivity contribution >= 4 is 5.97 Å². The van der Waals surface area contributed by atoms with Crippen molar-refractivity contribution in [1.29, 1.82) is 0 Å². The second kappa shape index (κ2) is 4.92. The summed E-state index contributed by atoms with van der Waals surface area (Å²) in [6.07, 6.45) is 2.96. The zero-order valence-electron chi connectivity index (χ0n) is 11.5. The topological polar surface area (TPSA) is 35.5 Å². The molecule has 1 aromatic rings. The Morgan fingerprint density at radius 1 is 1.32 bits per heavy atom. The standard InChI is InChI=1S/C16H18O3/c1-5-14(17)19-15(13-10-16(13,2)3)11-6-8-12(18-4)9-7-11/h5-10,15H,1H2,2-4H3. The van der Waals surface area contributed by atoms with Gasteiger partial charge in [-0.1, -0.05) is 38.6 Å². The zero-order chi connectivity index (χ0) is 14.0. The Balaban J connectivity index is 2.24. The predicted octanol–water partition coefficient (Wildman–Crippen LogP) is 3.43. The van der Waals surface area contributed by atoms with Crippen LogP contribution in [0.25, 0.3) is 0 Å². The molecule has 1 aliphatic rings. The summed E-state index contributed by atoms with van der Waals surface area (Å²) in [7, 11) is 1.62. The van der Waals surface area contributed by atoms with Crippen LogP contribution in [0, 0.1) is 5.41 Å².